The van der Waals surface area contributed by atoms with E-state index in [1.165, 1.54) is 41.3 Å². The molecule has 0 aliphatic carbocycles. The van der Waals surface area contributed by atoms with Gasteiger partial charge in [-0.15, -0.1) is 0 Å². The third-order valence-corrected chi connectivity index (χ3v) is 4.16. The molecule has 0 aromatic heterocycles. The molecule has 3 rings (SSSR count). The van der Waals surface area contributed by atoms with Gasteiger partial charge in [0.15, 0.2) is 0 Å². The number of para-hydroxylation sites is 2. The molecule has 2 aromatic carbocycles. The van der Waals surface area contributed by atoms with Gasteiger partial charge in [-0.3, -0.25) is 24.6 Å². The Morgan fingerprint density at radius 2 is 1.64 bits per heavy atom. The van der Waals surface area contributed by atoms with Gasteiger partial charge in [0.1, 0.15) is 5.69 Å². The Morgan fingerprint density at radius 1 is 1.00 bits per heavy atom. The molecule has 1 aliphatic heterocycles. The van der Waals surface area contributed by atoms with Crippen molar-refractivity contribution in [3.05, 3.63) is 63.7 Å². The molecule has 0 unspecified atom stereocenters. The number of urea groups is 1. The summed E-state index contributed by atoms with van der Waals surface area (Å²) in [4.78, 5) is 48.9. The van der Waals surface area contributed by atoms with E-state index < -0.39 is 22.4 Å². The number of nitro groups is 1. The van der Waals surface area contributed by atoms with Crippen molar-refractivity contribution in [2.45, 2.75) is 26.3 Å². The number of imide groups is 1. The SMILES string of the molecule is CC(C)(C)N1C(=O)c2ccc(NC(=O)Nc3ccccc3[N+](=O)[O-])cc2C1=O. The molecular formula is C19H18N4O5. The molecular weight excluding hydrogens is 364 g/mol. The predicted molar refractivity (Wildman–Crippen MR) is 102 cm³/mol. The fraction of sp³-hybridized carbons (Fsp3) is 0.211. The highest BCUT2D eigenvalue weighted by atomic mass is 16.6. The van der Waals surface area contributed by atoms with E-state index in [0.29, 0.717) is 0 Å². The number of nitrogens with zero attached hydrogens (tertiary/aromatic N) is 2. The van der Waals surface area contributed by atoms with Gasteiger partial charge in [0, 0.05) is 17.3 Å². The topological polar surface area (TPSA) is 122 Å². The van der Waals surface area contributed by atoms with E-state index >= 15 is 0 Å². The van der Waals surface area contributed by atoms with Crippen LogP contribution in [0.25, 0.3) is 0 Å². The number of carbonyl (C=O) groups is 3. The van der Waals surface area contributed by atoms with Gasteiger partial charge < -0.3 is 10.6 Å². The van der Waals surface area contributed by atoms with Crippen LogP contribution in [0.4, 0.5) is 21.9 Å². The Bertz CT molecular complexity index is 1010. The van der Waals surface area contributed by atoms with Crippen molar-refractivity contribution in [2.75, 3.05) is 10.6 Å². The summed E-state index contributed by atoms with van der Waals surface area (Å²) >= 11 is 0. The Morgan fingerprint density at radius 3 is 2.29 bits per heavy atom. The van der Waals surface area contributed by atoms with Crippen LogP contribution in [0.15, 0.2) is 42.5 Å². The van der Waals surface area contributed by atoms with Crippen molar-refractivity contribution < 1.29 is 19.3 Å². The van der Waals surface area contributed by atoms with Crippen molar-refractivity contribution in [3.8, 4) is 0 Å². The van der Waals surface area contributed by atoms with E-state index in [-0.39, 0.29) is 34.1 Å². The number of hydrogen-bond acceptors (Lipinski definition) is 5. The quantitative estimate of drug-likeness (QED) is 0.477. The zero-order chi connectivity index (χ0) is 20.6. The summed E-state index contributed by atoms with van der Waals surface area (Å²) in [6, 6.07) is 9.41. The zero-order valence-electron chi connectivity index (χ0n) is 15.5. The lowest BCUT2D eigenvalue weighted by Crippen LogP contribution is -2.45. The monoisotopic (exact) mass is 382 g/mol. The highest BCUT2D eigenvalue weighted by Gasteiger charge is 2.41. The van der Waals surface area contributed by atoms with Crippen LogP contribution in [0.1, 0.15) is 41.5 Å². The first-order chi connectivity index (χ1) is 13.1. The summed E-state index contributed by atoms with van der Waals surface area (Å²) in [7, 11) is 0. The second kappa shape index (κ2) is 6.76. The van der Waals surface area contributed by atoms with Crippen molar-refractivity contribution in [1.82, 2.24) is 4.90 Å². The number of hydrogen-bond donors (Lipinski definition) is 2. The largest absolute Gasteiger partial charge is 0.323 e. The molecule has 9 heteroatoms. The van der Waals surface area contributed by atoms with E-state index in [2.05, 4.69) is 10.6 Å². The molecule has 0 spiro atoms. The smallest absolute Gasteiger partial charge is 0.308 e. The second-order valence-corrected chi connectivity index (χ2v) is 7.23. The minimum atomic E-state index is -0.710. The summed E-state index contributed by atoms with van der Waals surface area (Å²) in [6.45, 7) is 5.27. The number of carbonyl (C=O) groups excluding carboxylic acids is 3. The van der Waals surface area contributed by atoms with Crippen LogP contribution in [-0.2, 0) is 0 Å². The van der Waals surface area contributed by atoms with Crippen LogP contribution < -0.4 is 10.6 Å². The Hall–Kier alpha value is -3.75. The number of rotatable bonds is 3. The minimum Gasteiger partial charge on any atom is -0.308 e. The summed E-state index contributed by atoms with van der Waals surface area (Å²) in [5.74, 6) is -0.821. The van der Waals surface area contributed by atoms with E-state index in [1.807, 2.05) is 0 Å². The average molecular weight is 382 g/mol. The van der Waals surface area contributed by atoms with Crippen LogP contribution >= 0.6 is 0 Å². The summed E-state index contributed by atoms with van der Waals surface area (Å²) in [5.41, 5.74) is -0.131. The third kappa shape index (κ3) is 3.41. The molecule has 2 aromatic rings. The van der Waals surface area contributed by atoms with Gasteiger partial charge in [0.2, 0.25) is 0 Å². The van der Waals surface area contributed by atoms with Crippen LogP contribution in [-0.4, -0.2) is 33.2 Å². The van der Waals surface area contributed by atoms with Gasteiger partial charge >= 0.3 is 6.03 Å². The Kier molecular flexibility index (Phi) is 4.60. The molecule has 1 heterocycles. The number of benzene rings is 2. The fourth-order valence-electron chi connectivity index (χ4n) is 2.95. The normalized spacial score (nSPS) is 13.3. The first kappa shape index (κ1) is 19.0. The van der Waals surface area contributed by atoms with E-state index in [4.69, 9.17) is 0 Å². The second-order valence-electron chi connectivity index (χ2n) is 7.23. The third-order valence-electron chi connectivity index (χ3n) is 4.16. The van der Waals surface area contributed by atoms with Gasteiger partial charge in [-0.2, -0.15) is 0 Å². The van der Waals surface area contributed by atoms with Crippen LogP contribution in [0.3, 0.4) is 0 Å². The number of amides is 4. The number of anilines is 2. The number of fused-ring (bicyclic) bond motifs is 1. The summed E-state index contributed by atoms with van der Waals surface area (Å²) in [5, 5.41) is 16.0. The van der Waals surface area contributed by atoms with Crippen LogP contribution in [0.2, 0.25) is 0 Å². The Balaban J connectivity index is 1.80. The fourth-order valence-corrected chi connectivity index (χ4v) is 2.95. The molecule has 0 fully saturated rings. The van der Waals surface area contributed by atoms with E-state index in [0.717, 1.165) is 0 Å². The molecule has 0 saturated heterocycles. The molecule has 1 aliphatic rings. The van der Waals surface area contributed by atoms with Crippen molar-refractivity contribution >= 4 is 34.9 Å². The number of nitrogens with one attached hydrogen (secondary N) is 2. The molecule has 4 amide bonds. The zero-order valence-corrected chi connectivity index (χ0v) is 15.5. The lowest BCUT2D eigenvalue weighted by Gasteiger charge is -2.29. The molecule has 0 saturated carbocycles. The van der Waals surface area contributed by atoms with Crippen LogP contribution in [0, 0.1) is 10.1 Å². The Labute approximate surface area is 160 Å². The van der Waals surface area contributed by atoms with E-state index in [1.54, 1.807) is 26.8 Å². The van der Waals surface area contributed by atoms with Crippen molar-refractivity contribution in [1.29, 1.82) is 0 Å². The lowest BCUT2D eigenvalue weighted by molar-refractivity contribution is -0.383. The molecule has 0 atom stereocenters. The minimum absolute atomic E-state index is 0.0383. The van der Waals surface area contributed by atoms with Gasteiger partial charge in [-0.25, -0.2) is 4.79 Å². The first-order valence-corrected chi connectivity index (χ1v) is 8.44. The van der Waals surface area contributed by atoms with Crippen LogP contribution in [0.5, 0.6) is 0 Å². The molecule has 144 valence electrons. The predicted octanol–water partition coefficient (Wildman–Crippen LogP) is 3.63. The molecule has 0 bridgehead atoms. The maximum atomic E-state index is 12.6. The number of nitro benzene ring substituents is 1. The molecule has 2 N–H and O–H groups in total. The van der Waals surface area contributed by atoms with Crippen molar-refractivity contribution in [3.63, 3.8) is 0 Å². The highest BCUT2D eigenvalue weighted by Crippen LogP contribution is 2.31. The summed E-state index contributed by atoms with van der Waals surface area (Å²) in [6.07, 6.45) is 0. The molecule has 9 nitrogen and oxygen atoms in total. The van der Waals surface area contributed by atoms with Gasteiger partial charge in [0.25, 0.3) is 17.5 Å². The van der Waals surface area contributed by atoms with E-state index in [9.17, 15) is 24.5 Å². The first-order valence-electron chi connectivity index (χ1n) is 8.44. The summed E-state index contributed by atoms with van der Waals surface area (Å²) < 4.78 is 0. The lowest BCUT2D eigenvalue weighted by atomic mass is 10.1. The molecule has 0 radical (unpaired) electrons. The standard InChI is InChI=1S/C19H18N4O5/c1-19(2,3)22-16(24)12-9-8-11(10-13(12)17(22)25)20-18(26)21-14-6-4-5-7-15(14)23(27)28/h4-10H,1-3H3,(H2,20,21,26). The maximum Gasteiger partial charge on any atom is 0.323 e. The van der Waals surface area contributed by atoms with Gasteiger partial charge in [-0.05, 0) is 45.0 Å². The molecule has 28 heavy (non-hydrogen) atoms. The highest BCUT2D eigenvalue weighted by molar-refractivity contribution is 6.22. The van der Waals surface area contributed by atoms with Gasteiger partial charge in [-0.1, -0.05) is 12.1 Å². The average Bonchev–Trinajstić information content (AvgIpc) is 2.85. The maximum absolute atomic E-state index is 12.6. The van der Waals surface area contributed by atoms with Gasteiger partial charge in [0.05, 0.1) is 16.1 Å². The van der Waals surface area contributed by atoms with Crippen molar-refractivity contribution in [2.24, 2.45) is 0 Å².